The minimum absolute atomic E-state index is 0.0360. The van der Waals surface area contributed by atoms with Crippen LogP contribution in [0.25, 0.3) is 11.3 Å². The van der Waals surface area contributed by atoms with E-state index in [2.05, 4.69) is 15.5 Å². The summed E-state index contributed by atoms with van der Waals surface area (Å²) < 4.78 is 27.8. The summed E-state index contributed by atoms with van der Waals surface area (Å²) in [5, 5.41) is 9.64. The van der Waals surface area contributed by atoms with Crippen molar-refractivity contribution in [3.63, 3.8) is 0 Å². The van der Waals surface area contributed by atoms with E-state index in [1.54, 1.807) is 37.4 Å². The fourth-order valence-electron chi connectivity index (χ4n) is 2.55. The summed E-state index contributed by atoms with van der Waals surface area (Å²) in [6.45, 7) is 0. The lowest BCUT2D eigenvalue weighted by molar-refractivity contribution is 0.102. The van der Waals surface area contributed by atoms with Gasteiger partial charge in [-0.15, -0.1) is 0 Å². The minimum atomic E-state index is -3.09. The maximum Gasteiger partial charge on any atom is 0.273 e. The molecule has 1 aromatic heterocycles. The molecule has 0 aliphatic rings. The van der Waals surface area contributed by atoms with Crippen molar-refractivity contribution < 1.29 is 17.9 Å². The number of nitrogens with zero attached hydrogens (tertiary/aromatic N) is 1. The van der Waals surface area contributed by atoms with E-state index in [0.29, 0.717) is 28.4 Å². The molecule has 3 aromatic rings. The first-order chi connectivity index (χ1) is 12.8. The van der Waals surface area contributed by atoms with Crippen LogP contribution >= 0.6 is 0 Å². The third kappa shape index (κ3) is 4.95. The highest BCUT2D eigenvalue weighted by Crippen LogP contribution is 2.23. The number of nitrogens with one attached hydrogen (secondary N) is 2. The molecule has 2 aromatic carbocycles. The topological polar surface area (TPSA) is 101 Å². The SMILES string of the molecule is COc1cccc(-c2cc(C(=O)Nc3ccc(CS(C)(=O)=O)cc3)[nH]n2)c1. The monoisotopic (exact) mass is 385 g/mol. The Morgan fingerprint density at radius 1 is 1.15 bits per heavy atom. The Labute approximate surface area is 157 Å². The Kier molecular flexibility index (Phi) is 5.27. The summed E-state index contributed by atoms with van der Waals surface area (Å²) in [5.74, 6) is 0.328. The van der Waals surface area contributed by atoms with Gasteiger partial charge in [-0.3, -0.25) is 9.89 Å². The van der Waals surface area contributed by atoms with Gasteiger partial charge in [-0.25, -0.2) is 8.42 Å². The van der Waals surface area contributed by atoms with Gasteiger partial charge in [-0.05, 0) is 35.9 Å². The Bertz CT molecular complexity index is 1060. The van der Waals surface area contributed by atoms with Gasteiger partial charge in [0.2, 0.25) is 0 Å². The molecule has 0 aliphatic carbocycles. The molecule has 7 nitrogen and oxygen atoms in total. The predicted molar refractivity (Wildman–Crippen MR) is 104 cm³/mol. The number of amides is 1. The molecule has 0 aliphatic heterocycles. The number of benzene rings is 2. The summed E-state index contributed by atoms with van der Waals surface area (Å²) in [6, 6.07) is 15.7. The van der Waals surface area contributed by atoms with Crippen LogP contribution in [0.1, 0.15) is 16.1 Å². The van der Waals surface area contributed by atoms with Crippen LogP contribution in [0, 0.1) is 0 Å². The quantitative estimate of drug-likeness (QED) is 0.679. The molecule has 8 heteroatoms. The second-order valence-electron chi connectivity index (χ2n) is 6.12. The normalized spacial score (nSPS) is 11.2. The first kappa shape index (κ1) is 18.7. The minimum Gasteiger partial charge on any atom is -0.497 e. The smallest absolute Gasteiger partial charge is 0.273 e. The summed E-state index contributed by atoms with van der Waals surface area (Å²) in [5.41, 5.74) is 3.00. The van der Waals surface area contributed by atoms with Crippen LogP contribution < -0.4 is 10.1 Å². The van der Waals surface area contributed by atoms with Crippen molar-refractivity contribution in [2.45, 2.75) is 5.75 Å². The second kappa shape index (κ2) is 7.63. The molecule has 0 unspecified atom stereocenters. The van der Waals surface area contributed by atoms with Crippen molar-refractivity contribution in [2.75, 3.05) is 18.7 Å². The number of aromatic amines is 1. The highest BCUT2D eigenvalue weighted by molar-refractivity contribution is 7.89. The van der Waals surface area contributed by atoms with Crippen molar-refractivity contribution >= 4 is 21.4 Å². The average molecular weight is 385 g/mol. The number of methoxy groups -OCH3 is 1. The molecule has 0 saturated heterocycles. The number of ether oxygens (including phenoxy) is 1. The first-order valence-electron chi connectivity index (χ1n) is 8.12. The van der Waals surface area contributed by atoms with Crippen molar-refractivity contribution in [2.24, 2.45) is 0 Å². The van der Waals surface area contributed by atoms with Gasteiger partial charge in [-0.1, -0.05) is 24.3 Å². The van der Waals surface area contributed by atoms with Crippen LogP contribution in [-0.4, -0.2) is 37.9 Å². The van der Waals surface area contributed by atoms with E-state index in [1.807, 2.05) is 24.3 Å². The zero-order valence-electron chi connectivity index (χ0n) is 14.9. The van der Waals surface area contributed by atoms with Gasteiger partial charge in [0.05, 0.1) is 18.6 Å². The first-order valence-corrected chi connectivity index (χ1v) is 10.2. The third-order valence-electron chi connectivity index (χ3n) is 3.83. The number of aromatic nitrogens is 2. The molecule has 1 amide bonds. The molecule has 0 atom stereocenters. The Hall–Kier alpha value is -3.13. The molecule has 140 valence electrons. The van der Waals surface area contributed by atoms with Crippen LogP contribution in [0.5, 0.6) is 5.75 Å². The van der Waals surface area contributed by atoms with Crippen molar-refractivity contribution in [3.8, 4) is 17.0 Å². The van der Waals surface area contributed by atoms with Gasteiger partial charge in [0.1, 0.15) is 11.4 Å². The highest BCUT2D eigenvalue weighted by Gasteiger charge is 2.12. The highest BCUT2D eigenvalue weighted by atomic mass is 32.2. The van der Waals surface area contributed by atoms with Crippen molar-refractivity contribution in [1.82, 2.24) is 10.2 Å². The molecule has 3 rings (SSSR count). The molecular formula is C19H19N3O4S. The predicted octanol–water partition coefficient (Wildman–Crippen LogP) is 2.88. The molecule has 27 heavy (non-hydrogen) atoms. The van der Waals surface area contributed by atoms with Crippen LogP contribution in [0.15, 0.2) is 54.6 Å². The molecule has 0 saturated carbocycles. The molecule has 0 radical (unpaired) electrons. The van der Waals surface area contributed by atoms with Crippen LogP contribution in [0.3, 0.4) is 0 Å². The maximum atomic E-state index is 12.4. The summed E-state index contributed by atoms with van der Waals surface area (Å²) >= 11 is 0. The Morgan fingerprint density at radius 2 is 1.89 bits per heavy atom. The van der Waals surface area contributed by atoms with E-state index in [0.717, 1.165) is 5.56 Å². The van der Waals surface area contributed by atoms with Crippen LogP contribution in [-0.2, 0) is 15.6 Å². The number of carbonyl (C=O) groups is 1. The summed E-state index contributed by atoms with van der Waals surface area (Å²) in [6.07, 6.45) is 1.18. The number of rotatable bonds is 6. The molecule has 1 heterocycles. The van der Waals surface area contributed by atoms with Gasteiger partial charge in [0, 0.05) is 17.5 Å². The van der Waals surface area contributed by atoms with Crippen molar-refractivity contribution in [1.29, 1.82) is 0 Å². The van der Waals surface area contributed by atoms with E-state index in [4.69, 9.17) is 4.74 Å². The Balaban J connectivity index is 1.71. The Morgan fingerprint density at radius 3 is 2.56 bits per heavy atom. The zero-order valence-corrected chi connectivity index (χ0v) is 15.7. The average Bonchev–Trinajstić information content (AvgIpc) is 3.12. The summed E-state index contributed by atoms with van der Waals surface area (Å²) in [4.78, 5) is 12.4. The molecule has 2 N–H and O–H groups in total. The molecular weight excluding hydrogens is 366 g/mol. The molecule has 0 fully saturated rings. The fraction of sp³-hybridized carbons (Fsp3) is 0.158. The molecule has 0 spiro atoms. The second-order valence-corrected chi connectivity index (χ2v) is 8.26. The lowest BCUT2D eigenvalue weighted by Crippen LogP contribution is -2.12. The molecule has 0 bridgehead atoms. The van der Waals surface area contributed by atoms with E-state index in [9.17, 15) is 13.2 Å². The van der Waals surface area contributed by atoms with Gasteiger partial charge < -0.3 is 10.1 Å². The van der Waals surface area contributed by atoms with E-state index in [-0.39, 0.29) is 11.7 Å². The summed E-state index contributed by atoms with van der Waals surface area (Å²) in [7, 11) is -1.51. The number of H-pyrrole nitrogens is 1. The van der Waals surface area contributed by atoms with Gasteiger partial charge in [0.25, 0.3) is 5.91 Å². The van der Waals surface area contributed by atoms with Crippen LogP contribution in [0.2, 0.25) is 0 Å². The van der Waals surface area contributed by atoms with E-state index in [1.165, 1.54) is 6.26 Å². The largest absolute Gasteiger partial charge is 0.497 e. The van der Waals surface area contributed by atoms with Gasteiger partial charge in [0.15, 0.2) is 9.84 Å². The van der Waals surface area contributed by atoms with E-state index >= 15 is 0 Å². The number of hydrogen-bond acceptors (Lipinski definition) is 5. The van der Waals surface area contributed by atoms with Crippen LogP contribution in [0.4, 0.5) is 5.69 Å². The maximum absolute atomic E-state index is 12.4. The van der Waals surface area contributed by atoms with Gasteiger partial charge >= 0.3 is 0 Å². The fourth-order valence-corrected chi connectivity index (χ4v) is 3.35. The van der Waals surface area contributed by atoms with Gasteiger partial charge in [-0.2, -0.15) is 5.10 Å². The lowest BCUT2D eigenvalue weighted by Gasteiger charge is -2.05. The zero-order chi connectivity index (χ0) is 19.4. The number of anilines is 1. The third-order valence-corrected chi connectivity index (χ3v) is 4.69. The number of sulfone groups is 1. The number of hydrogen-bond donors (Lipinski definition) is 2. The standard InChI is InChI=1S/C19H19N3O4S/c1-26-16-5-3-4-14(10-16)17-11-18(22-21-17)19(23)20-15-8-6-13(7-9-15)12-27(2,24)25/h3-11H,12H2,1-2H3,(H,20,23)(H,21,22). The number of carbonyl (C=O) groups excluding carboxylic acids is 1. The van der Waals surface area contributed by atoms with Crippen molar-refractivity contribution in [3.05, 3.63) is 65.9 Å². The van der Waals surface area contributed by atoms with E-state index < -0.39 is 9.84 Å². The lowest BCUT2D eigenvalue weighted by atomic mass is 10.1.